The van der Waals surface area contributed by atoms with E-state index in [0.717, 1.165) is 4.88 Å². The van der Waals surface area contributed by atoms with Gasteiger partial charge in [-0.1, -0.05) is 0 Å². The van der Waals surface area contributed by atoms with Crippen molar-refractivity contribution in [2.75, 3.05) is 5.32 Å². The topological polar surface area (TPSA) is 95.1 Å². The number of anilines is 1. The third-order valence-electron chi connectivity index (χ3n) is 2.75. The molecule has 104 valence electrons. The number of hydrogen-bond acceptors (Lipinski definition) is 5. The van der Waals surface area contributed by atoms with Gasteiger partial charge < -0.3 is 10.6 Å². The maximum atomic E-state index is 11.9. The van der Waals surface area contributed by atoms with Crippen molar-refractivity contribution >= 4 is 28.7 Å². The van der Waals surface area contributed by atoms with Gasteiger partial charge in [-0.05, 0) is 24.3 Å². The van der Waals surface area contributed by atoms with Crippen LogP contribution in [0.25, 0.3) is 5.65 Å². The molecule has 0 radical (unpaired) electrons. The van der Waals surface area contributed by atoms with E-state index in [4.69, 9.17) is 5.26 Å². The number of hydrogen-bond donors (Lipinski definition) is 2. The lowest BCUT2D eigenvalue weighted by molar-refractivity contribution is 0.252. The number of carbonyl (C=O) groups excluding carboxylic acids is 1. The number of nitrogens with one attached hydrogen (secondary N) is 2. The maximum Gasteiger partial charge on any atom is 0.319 e. The second kappa shape index (κ2) is 5.60. The Morgan fingerprint density at radius 2 is 2.33 bits per heavy atom. The van der Waals surface area contributed by atoms with Crippen LogP contribution < -0.4 is 10.6 Å². The Morgan fingerprint density at radius 3 is 3.14 bits per heavy atom. The lowest BCUT2D eigenvalue weighted by Crippen LogP contribution is -2.28. The molecule has 2 amide bonds. The summed E-state index contributed by atoms with van der Waals surface area (Å²) in [5.74, 6) is 0. The molecule has 21 heavy (non-hydrogen) atoms. The summed E-state index contributed by atoms with van der Waals surface area (Å²) in [6.07, 6.45) is 3.17. The normalized spacial score (nSPS) is 10.2. The summed E-state index contributed by atoms with van der Waals surface area (Å²) in [6.45, 7) is 0.369. The van der Waals surface area contributed by atoms with E-state index in [9.17, 15) is 4.79 Å². The molecular formula is C13H10N6OS. The monoisotopic (exact) mass is 298 g/mol. The number of nitriles is 1. The highest BCUT2D eigenvalue weighted by atomic mass is 32.1. The minimum Gasteiger partial charge on any atom is -0.333 e. The molecule has 8 heteroatoms. The fraction of sp³-hybridized carbons (Fsp3) is 0.0769. The van der Waals surface area contributed by atoms with E-state index in [2.05, 4.69) is 26.8 Å². The molecular weight excluding hydrogens is 288 g/mol. The van der Waals surface area contributed by atoms with Gasteiger partial charge in [-0.25, -0.2) is 14.3 Å². The Labute approximate surface area is 123 Å². The molecule has 0 aliphatic carbocycles. The van der Waals surface area contributed by atoms with Crippen LogP contribution in [-0.4, -0.2) is 20.6 Å². The number of urea groups is 1. The molecule has 0 saturated heterocycles. The molecule has 7 nitrogen and oxygen atoms in total. The van der Waals surface area contributed by atoms with E-state index >= 15 is 0 Å². The summed E-state index contributed by atoms with van der Waals surface area (Å²) in [4.78, 5) is 17.5. The van der Waals surface area contributed by atoms with E-state index in [0.29, 0.717) is 22.8 Å². The number of aromatic nitrogens is 3. The Hall–Kier alpha value is -2.92. The van der Waals surface area contributed by atoms with Crippen molar-refractivity contribution in [3.05, 3.63) is 46.5 Å². The van der Waals surface area contributed by atoms with Crippen LogP contribution in [0.2, 0.25) is 0 Å². The molecule has 0 spiro atoms. The molecule has 3 aromatic rings. The third kappa shape index (κ3) is 2.82. The Balaban J connectivity index is 1.64. The summed E-state index contributed by atoms with van der Waals surface area (Å²) in [5, 5.41) is 18.2. The van der Waals surface area contributed by atoms with Crippen LogP contribution in [0.1, 0.15) is 9.75 Å². The second-order valence-electron chi connectivity index (χ2n) is 4.14. The van der Waals surface area contributed by atoms with Crippen molar-refractivity contribution in [1.29, 1.82) is 5.26 Å². The van der Waals surface area contributed by atoms with E-state index in [1.165, 1.54) is 17.7 Å². The molecule has 0 aliphatic rings. The minimum absolute atomic E-state index is 0.335. The van der Waals surface area contributed by atoms with Crippen LogP contribution in [0.15, 0.2) is 36.8 Å². The Morgan fingerprint density at radius 1 is 1.43 bits per heavy atom. The van der Waals surface area contributed by atoms with Gasteiger partial charge in [-0.15, -0.1) is 11.3 Å². The lowest BCUT2D eigenvalue weighted by atomic mass is 10.4. The molecule has 0 atom stereocenters. The van der Waals surface area contributed by atoms with Gasteiger partial charge in [0.2, 0.25) is 0 Å². The zero-order valence-electron chi connectivity index (χ0n) is 10.8. The van der Waals surface area contributed by atoms with Crippen LogP contribution in [0.3, 0.4) is 0 Å². The Bertz CT molecular complexity index is 830. The van der Waals surface area contributed by atoms with Crippen LogP contribution >= 0.6 is 11.3 Å². The average Bonchev–Trinajstić information content (AvgIpc) is 3.14. The van der Waals surface area contributed by atoms with Gasteiger partial charge in [0.1, 0.15) is 17.3 Å². The van der Waals surface area contributed by atoms with Crippen molar-refractivity contribution in [3.63, 3.8) is 0 Å². The first-order valence-corrected chi connectivity index (χ1v) is 6.90. The first-order chi connectivity index (χ1) is 10.3. The summed E-state index contributed by atoms with van der Waals surface area (Å²) in [7, 11) is 0. The lowest BCUT2D eigenvalue weighted by Gasteiger charge is -2.07. The molecule has 0 aromatic carbocycles. The fourth-order valence-electron chi connectivity index (χ4n) is 1.81. The fourth-order valence-corrected chi connectivity index (χ4v) is 2.56. The van der Waals surface area contributed by atoms with E-state index in [1.807, 2.05) is 6.07 Å². The highest BCUT2D eigenvalue weighted by molar-refractivity contribution is 7.12. The molecule has 0 aliphatic heterocycles. The number of carbonyl (C=O) groups is 1. The second-order valence-corrected chi connectivity index (χ2v) is 5.30. The standard InChI is InChI=1S/C13H10N6OS/c14-6-9-3-4-10(21-9)7-15-13(20)18-11-2-1-5-19-12(11)16-8-17-19/h1-5,8H,7H2,(H2,15,18,20). The van der Waals surface area contributed by atoms with Crippen molar-refractivity contribution in [1.82, 2.24) is 19.9 Å². The number of pyridine rings is 1. The number of amides is 2. The van der Waals surface area contributed by atoms with Gasteiger partial charge in [0.05, 0.1) is 12.2 Å². The first kappa shape index (κ1) is 13.1. The highest BCUT2D eigenvalue weighted by Crippen LogP contribution is 2.15. The number of thiophene rings is 1. The number of rotatable bonds is 3. The van der Waals surface area contributed by atoms with Crippen molar-refractivity contribution in [2.45, 2.75) is 6.54 Å². The van der Waals surface area contributed by atoms with Gasteiger partial charge in [0, 0.05) is 11.1 Å². The van der Waals surface area contributed by atoms with Gasteiger partial charge in [-0.2, -0.15) is 10.4 Å². The van der Waals surface area contributed by atoms with Gasteiger partial charge in [-0.3, -0.25) is 0 Å². The molecule has 0 fully saturated rings. The van der Waals surface area contributed by atoms with Crippen LogP contribution in [-0.2, 0) is 6.54 Å². The van der Waals surface area contributed by atoms with E-state index < -0.39 is 0 Å². The van der Waals surface area contributed by atoms with Gasteiger partial charge >= 0.3 is 6.03 Å². The van der Waals surface area contributed by atoms with Crippen molar-refractivity contribution in [3.8, 4) is 6.07 Å². The van der Waals surface area contributed by atoms with Crippen LogP contribution in [0.4, 0.5) is 10.5 Å². The number of nitrogens with zero attached hydrogens (tertiary/aromatic N) is 4. The third-order valence-corrected chi connectivity index (χ3v) is 3.74. The first-order valence-electron chi connectivity index (χ1n) is 6.08. The minimum atomic E-state index is -0.335. The van der Waals surface area contributed by atoms with Crippen LogP contribution in [0, 0.1) is 11.3 Å². The quantitative estimate of drug-likeness (QED) is 0.773. The summed E-state index contributed by atoms with van der Waals surface area (Å²) >= 11 is 1.36. The SMILES string of the molecule is N#Cc1ccc(CNC(=O)Nc2cccn3ncnc23)s1. The maximum absolute atomic E-state index is 11.9. The smallest absolute Gasteiger partial charge is 0.319 e. The molecule has 3 heterocycles. The molecule has 0 saturated carbocycles. The molecule has 3 aromatic heterocycles. The summed E-state index contributed by atoms with van der Waals surface area (Å²) in [5.41, 5.74) is 1.16. The van der Waals surface area contributed by atoms with Gasteiger partial charge in [0.15, 0.2) is 5.65 Å². The molecule has 0 unspecified atom stereocenters. The summed E-state index contributed by atoms with van der Waals surface area (Å²) in [6, 6.07) is 8.81. The van der Waals surface area contributed by atoms with Crippen molar-refractivity contribution in [2.24, 2.45) is 0 Å². The van der Waals surface area contributed by atoms with Gasteiger partial charge in [0.25, 0.3) is 0 Å². The van der Waals surface area contributed by atoms with Crippen LogP contribution in [0.5, 0.6) is 0 Å². The molecule has 2 N–H and O–H groups in total. The predicted octanol–water partition coefficient (Wildman–Crippen LogP) is 1.98. The predicted molar refractivity (Wildman–Crippen MR) is 77.9 cm³/mol. The van der Waals surface area contributed by atoms with Crippen molar-refractivity contribution < 1.29 is 4.79 Å². The Kier molecular flexibility index (Phi) is 3.49. The molecule has 3 rings (SSSR count). The van der Waals surface area contributed by atoms with E-state index in [-0.39, 0.29) is 6.03 Å². The average molecular weight is 298 g/mol. The summed E-state index contributed by atoms with van der Waals surface area (Å²) < 4.78 is 1.58. The largest absolute Gasteiger partial charge is 0.333 e. The highest BCUT2D eigenvalue weighted by Gasteiger charge is 2.07. The zero-order valence-corrected chi connectivity index (χ0v) is 11.6. The van der Waals surface area contributed by atoms with E-state index in [1.54, 1.807) is 28.9 Å². The number of fused-ring (bicyclic) bond motifs is 1. The zero-order chi connectivity index (χ0) is 14.7. The molecule has 0 bridgehead atoms.